The molecular formula is C26H19ClF4N6O. The van der Waals surface area contributed by atoms with Gasteiger partial charge in [-0.05, 0) is 56.3 Å². The number of amidine groups is 1. The minimum absolute atomic E-state index is 0.0726. The van der Waals surface area contributed by atoms with Gasteiger partial charge < -0.3 is 5.73 Å². The number of benzene rings is 2. The normalized spacial score (nSPS) is 16.2. The highest BCUT2D eigenvalue weighted by Gasteiger charge is 2.37. The van der Waals surface area contributed by atoms with Gasteiger partial charge >= 0.3 is 6.18 Å². The second-order valence-corrected chi connectivity index (χ2v) is 9.09. The number of fused-ring (bicyclic) bond motifs is 1. The van der Waals surface area contributed by atoms with Crippen LogP contribution in [0.3, 0.4) is 0 Å². The number of anilines is 1. The molecule has 1 unspecified atom stereocenters. The van der Waals surface area contributed by atoms with Crippen molar-refractivity contribution < 1.29 is 22.4 Å². The molecule has 2 aromatic heterocycles. The van der Waals surface area contributed by atoms with Crippen molar-refractivity contribution in [1.29, 1.82) is 0 Å². The summed E-state index contributed by atoms with van der Waals surface area (Å²) in [5.41, 5.74) is 7.20. The number of carbonyl (C=O) groups is 1. The van der Waals surface area contributed by atoms with E-state index in [0.29, 0.717) is 23.0 Å². The average Bonchev–Trinajstić information content (AvgIpc) is 3.22. The lowest BCUT2D eigenvalue weighted by molar-refractivity contribution is -0.137. The van der Waals surface area contributed by atoms with E-state index < -0.39 is 29.5 Å². The van der Waals surface area contributed by atoms with E-state index in [0.717, 1.165) is 28.7 Å². The number of aryl methyl sites for hydroxylation is 1. The molecule has 1 aliphatic heterocycles. The zero-order valence-electron chi connectivity index (χ0n) is 19.9. The van der Waals surface area contributed by atoms with E-state index in [-0.39, 0.29) is 22.1 Å². The number of nitrogens with two attached hydrogens (primary N) is 1. The Labute approximate surface area is 218 Å². The Bertz CT molecular complexity index is 1660. The molecule has 1 aliphatic rings. The molecule has 1 atom stereocenters. The molecule has 194 valence electrons. The van der Waals surface area contributed by atoms with Crippen LogP contribution in [-0.4, -0.2) is 26.9 Å². The van der Waals surface area contributed by atoms with Crippen molar-refractivity contribution in [3.63, 3.8) is 0 Å². The van der Waals surface area contributed by atoms with Gasteiger partial charge in [-0.25, -0.2) is 9.37 Å². The number of aromatic nitrogens is 3. The van der Waals surface area contributed by atoms with Crippen LogP contribution in [0.25, 0.3) is 10.9 Å². The maximum absolute atomic E-state index is 15.1. The predicted molar refractivity (Wildman–Crippen MR) is 135 cm³/mol. The van der Waals surface area contributed by atoms with Gasteiger partial charge in [0.15, 0.2) is 0 Å². The number of aliphatic imine (C=N–C) groups is 1. The number of amides is 1. The summed E-state index contributed by atoms with van der Waals surface area (Å²) in [5.74, 6) is -1.80. The van der Waals surface area contributed by atoms with Crippen molar-refractivity contribution in [2.24, 2.45) is 10.7 Å². The topological polar surface area (TPSA) is 100 Å². The molecule has 12 heteroatoms. The molecule has 2 aromatic carbocycles. The van der Waals surface area contributed by atoms with Gasteiger partial charge in [0.1, 0.15) is 22.8 Å². The predicted octanol–water partition coefficient (Wildman–Crippen LogP) is 5.85. The first-order valence-electron chi connectivity index (χ1n) is 11.3. The molecule has 3 N–H and O–H groups in total. The van der Waals surface area contributed by atoms with Crippen molar-refractivity contribution in [3.05, 3.63) is 99.4 Å². The van der Waals surface area contributed by atoms with E-state index in [1.165, 1.54) is 12.3 Å². The molecule has 0 spiro atoms. The van der Waals surface area contributed by atoms with Gasteiger partial charge in [0.2, 0.25) is 5.91 Å². The number of halogens is 5. The highest BCUT2D eigenvalue weighted by atomic mass is 35.5. The number of hydrogen-bond donors (Lipinski definition) is 2. The van der Waals surface area contributed by atoms with Crippen molar-refractivity contribution in [2.75, 3.05) is 4.90 Å². The van der Waals surface area contributed by atoms with Crippen molar-refractivity contribution in [2.45, 2.75) is 26.1 Å². The number of nitrogens with zero attached hydrogens (tertiary/aromatic N) is 4. The number of pyridine rings is 1. The van der Waals surface area contributed by atoms with Crippen LogP contribution in [0.5, 0.6) is 0 Å². The second-order valence-electron chi connectivity index (χ2n) is 8.71. The number of primary amides is 1. The summed E-state index contributed by atoms with van der Waals surface area (Å²) >= 11 is 6.15. The van der Waals surface area contributed by atoms with Gasteiger partial charge in [0.05, 0.1) is 16.7 Å². The molecular weight excluding hydrogens is 524 g/mol. The summed E-state index contributed by atoms with van der Waals surface area (Å²) in [6.07, 6.45) is -3.29. The van der Waals surface area contributed by atoms with Gasteiger partial charge in [0.25, 0.3) is 0 Å². The first-order valence-corrected chi connectivity index (χ1v) is 11.7. The minimum Gasteiger partial charge on any atom is -0.366 e. The van der Waals surface area contributed by atoms with Crippen LogP contribution in [0, 0.1) is 12.7 Å². The molecule has 1 amide bonds. The fourth-order valence-corrected chi connectivity index (χ4v) is 4.69. The monoisotopic (exact) mass is 542 g/mol. The Morgan fingerprint density at radius 3 is 2.53 bits per heavy atom. The maximum Gasteiger partial charge on any atom is 0.416 e. The Morgan fingerprint density at radius 1 is 1.11 bits per heavy atom. The Morgan fingerprint density at radius 2 is 1.87 bits per heavy atom. The van der Waals surface area contributed by atoms with Gasteiger partial charge in [-0.15, -0.1) is 0 Å². The molecule has 0 radical (unpaired) electrons. The Balaban J connectivity index is 1.76. The standard InChI is InChI=1S/C26H19ClF4N6O/c1-12-18-11-16(4-6-20(18)36-35-12)37-13(2)22(24(32)38)23(34-25(37)14-7-8-33-21(27)9-14)17-5-3-15(10-19(17)28)26(29,30)31/h3-11,23H,1-2H3,(H2,32,38)(H,35,36). The first kappa shape index (κ1) is 25.4. The van der Waals surface area contributed by atoms with Crippen LogP contribution in [0.4, 0.5) is 23.2 Å². The molecule has 0 saturated heterocycles. The lowest BCUT2D eigenvalue weighted by atomic mass is 9.92. The van der Waals surface area contributed by atoms with E-state index in [1.54, 1.807) is 30.0 Å². The van der Waals surface area contributed by atoms with Crippen LogP contribution in [-0.2, 0) is 11.0 Å². The summed E-state index contributed by atoms with van der Waals surface area (Å²) < 4.78 is 54.7. The third-order valence-electron chi connectivity index (χ3n) is 6.32. The lowest BCUT2D eigenvalue weighted by Gasteiger charge is -2.35. The quantitative estimate of drug-likeness (QED) is 0.250. The van der Waals surface area contributed by atoms with E-state index in [1.807, 2.05) is 13.0 Å². The molecule has 7 nitrogen and oxygen atoms in total. The highest BCUT2D eigenvalue weighted by molar-refractivity contribution is 6.30. The van der Waals surface area contributed by atoms with Gasteiger partial charge in [-0.3, -0.25) is 19.8 Å². The zero-order valence-corrected chi connectivity index (χ0v) is 20.7. The van der Waals surface area contributed by atoms with E-state index in [9.17, 15) is 18.0 Å². The van der Waals surface area contributed by atoms with Crippen LogP contribution >= 0.6 is 11.6 Å². The Hall–Kier alpha value is -4.25. The van der Waals surface area contributed by atoms with Crippen LogP contribution in [0.2, 0.25) is 5.15 Å². The summed E-state index contributed by atoms with van der Waals surface area (Å²) in [6.45, 7) is 3.47. The number of nitrogens with one attached hydrogen (secondary N) is 1. The number of aromatic amines is 1. The Kier molecular flexibility index (Phi) is 6.18. The van der Waals surface area contributed by atoms with E-state index in [4.69, 9.17) is 17.3 Å². The summed E-state index contributed by atoms with van der Waals surface area (Å²) in [6, 6.07) is 9.33. The largest absolute Gasteiger partial charge is 0.416 e. The first-order chi connectivity index (χ1) is 18.0. The maximum atomic E-state index is 15.1. The zero-order chi connectivity index (χ0) is 27.4. The molecule has 0 fully saturated rings. The third-order valence-corrected chi connectivity index (χ3v) is 6.53. The molecule has 5 rings (SSSR count). The lowest BCUT2D eigenvalue weighted by Crippen LogP contribution is -2.38. The molecule has 4 aromatic rings. The molecule has 3 heterocycles. The molecule has 38 heavy (non-hydrogen) atoms. The van der Waals surface area contributed by atoms with Crippen molar-refractivity contribution in [1.82, 2.24) is 15.2 Å². The molecule has 0 saturated carbocycles. The summed E-state index contributed by atoms with van der Waals surface area (Å²) in [7, 11) is 0. The smallest absolute Gasteiger partial charge is 0.366 e. The number of alkyl halides is 3. The molecule has 0 aliphatic carbocycles. The van der Waals surface area contributed by atoms with Crippen LogP contribution in [0.15, 0.2) is 71.0 Å². The summed E-state index contributed by atoms with van der Waals surface area (Å²) in [4.78, 5) is 23.0. The van der Waals surface area contributed by atoms with Gasteiger partial charge in [-0.1, -0.05) is 17.7 Å². The van der Waals surface area contributed by atoms with Crippen molar-refractivity contribution in [3.8, 4) is 0 Å². The van der Waals surface area contributed by atoms with E-state index in [2.05, 4.69) is 20.2 Å². The minimum atomic E-state index is -4.74. The van der Waals surface area contributed by atoms with E-state index >= 15 is 4.39 Å². The number of carbonyl (C=O) groups excluding carboxylic acids is 1. The third kappa shape index (κ3) is 4.38. The fraction of sp³-hybridized carbons (Fsp3) is 0.154. The van der Waals surface area contributed by atoms with Gasteiger partial charge in [-0.2, -0.15) is 18.3 Å². The average molecular weight is 543 g/mol. The SMILES string of the molecule is CC1=C(C(N)=O)C(c2ccc(C(F)(F)F)cc2F)N=C(c2ccnc(Cl)c2)N1c1ccc2n[nH]c(C)c2c1. The van der Waals surface area contributed by atoms with Gasteiger partial charge in [0, 0.05) is 39.8 Å². The number of rotatable bonds is 4. The summed E-state index contributed by atoms with van der Waals surface area (Å²) in [5, 5.41) is 8.12. The highest BCUT2D eigenvalue weighted by Crippen LogP contribution is 2.40. The van der Waals surface area contributed by atoms with Crippen molar-refractivity contribution >= 4 is 39.9 Å². The number of allylic oxidation sites excluding steroid dienone is 1. The number of H-pyrrole nitrogens is 1. The van der Waals surface area contributed by atoms with Crippen LogP contribution in [0.1, 0.15) is 35.3 Å². The number of hydrogen-bond acceptors (Lipinski definition) is 5. The second kappa shape index (κ2) is 9.25. The fourth-order valence-electron chi connectivity index (χ4n) is 4.51. The van der Waals surface area contributed by atoms with Crippen LogP contribution < -0.4 is 10.6 Å². The molecule has 0 bridgehead atoms.